The van der Waals surface area contributed by atoms with Crippen LogP contribution in [0.25, 0.3) is 0 Å². The Balaban J connectivity index is 1.31. The van der Waals surface area contributed by atoms with Crippen molar-refractivity contribution < 1.29 is 9.53 Å². The predicted octanol–water partition coefficient (Wildman–Crippen LogP) is 3.98. The zero-order chi connectivity index (χ0) is 20.7. The summed E-state index contributed by atoms with van der Waals surface area (Å²) in [5.74, 6) is 0.331. The largest absolute Gasteiger partial charge is 0.381 e. The molecule has 2 atom stereocenters. The molecule has 1 amide bonds. The SMILES string of the molecule is Cc1cc(N2CC[C@H](N3CCC[C@H]3C)C2)ccc1N1CCCC2(CCOCC2)C1=O. The first kappa shape index (κ1) is 20.3. The summed E-state index contributed by atoms with van der Waals surface area (Å²) in [6.07, 6.45) is 7.83. The highest BCUT2D eigenvalue weighted by Gasteiger charge is 2.45. The first-order valence-corrected chi connectivity index (χ1v) is 12.1. The number of piperidine rings is 1. The van der Waals surface area contributed by atoms with Gasteiger partial charge in [0, 0.05) is 56.3 Å². The van der Waals surface area contributed by atoms with Crippen LogP contribution in [0.4, 0.5) is 11.4 Å². The number of anilines is 2. The van der Waals surface area contributed by atoms with E-state index < -0.39 is 0 Å². The molecule has 1 aromatic rings. The fraction of sp³-hybridized carbons (Fsp3) is 0.720. The normalized spacial score (nSPS) is 29.9. The Morgan fingerprint density at radius 2 is 1.87 bits per heavy atom. The molecular weight excluding hydrogens is 374 g/mol. The van der Waals surface area contributed by atoms with Crippen molar-refractivity contribution in [3.8, 4) is 0 Å². The lowest BCUT2D eigenvalue weighted by atomic mass is 9.73. The fourth-order valence-corrected chi connectivity index (χ4v) is 6.41. The third-order valence-electron chi connectivity index (χ3n) is 8.26. The fourth-order valence-electron chi connectivity index (χ4n) is 6.41. The summed E-state index contributed by atoms with van der Waals surface area (Å²) in [6.45, 7) is 10.4. The molecule has 0 saturated carbocycles. The maximum atomic E-state index is 13.5. The number of amides is 1. The molecule has 0 bridgehead atoms. The minimum Gasteiger partial charge on any atom is -0.381 e. The molecule has 4 fully saturated rings. The van der Waals surface area contributed by atoms with Crippen LogP contribution in [-0.4, -0.2) is 62.3 Å². The Morgan fingerprint density at radius 3 is 2.60 bits per heavy atom. The number of benzene rings is 1. The summed E-state index contributed by atoms with van der Waals surface area (Å²) >= 11 is 0. The van der Waals surface area contributed by atoms with E-state index in [4.69, 9.17) is 4.74 Å². The van der Waals surface area contributed by atoms with E-state index in [0.29, 0.717) is 11.9 Å². The molecule has 0 N–H and O–H groups in total. The van der Waals surface area contributed by atoms with Crippen LogP contribution < -0.4 is 9.80 Å². The van der Waals surface area contributed by atoms with E-state index in [1.165, 1.54) is 37.1 Å². The van der Waals surface area contributed by atoms with Crippen molar-refractivity contribution in [2.75, 3.05) is 49.2 Å². The molecule has 5 rings (SSSR count). The third-order valence-corrected chi connectivity index (χ3v) is 8.26. The molecule has 0 aliphatic carbocycles. The summed E-state index contributed by atoms with van der Waals surface area (Å²) in [4.78, 5) is 20.8. The van der Waals surface area contributed by atoms with Gasteiger partial charge in [0.25, 0.3) is 0 Å². The van der Waals surface area contributed by atoms with Gasteiger partial charge in [-0.1, -0.05) is 0 Å². The molecule has 1 spiro atoms. The minimum atomic E-state index is -0.184. The maximum absolute atomic E-state index is 13.5. The quantitative estimate of drug-likeness (QED) is 0.754. The van der Waals surface area contributed by atoms with Crippen LogP contribution >= 0.6 is 0 Å². The second-order valence-electron chi connectivity index (χ2n) is 10.0. The Kier molecular flexibility index (Phi) is 5.53. The first-order chi connectivity index (χ1) is 14.6. The van der Waals surface area contributed by atoms with Gasteiger partial charge in [-0.3, -0.25) is 9.69 Å². The van der Waals surface area contributed by atoms with Crippen molar-refractivity contribution in [1.29, 1.82) is 0 Å². The number of carbonyl (C=O) groups excluding carboxylic acids is 1. The molecule has 4 saturated heterocycles. The van der Waals surface area contributed by atoms with Gasteiger partial charge in [0.05, 0.1) is 5.41 Å². The second-order valence-corrected chi connectivity index (χ2v) is 10.0. The molecule has 4 heterocycles. The van der Waals surface area contributed by atoms with Crippen LogP contribution in [-0.2, 0) is 9.53 Å². The molecule has 5 heteroatoms. The molecule has 0 radical (unpaired) electrons. The van der Waals surface area contributed by atoms with Crippen LogP contribution in [0.2, 0.25) is 0 Å². The van der Waals surface area contributed by atoms with Gasteiger partial charge in [-0.15, -0.1) is 0 Å². The van der Waals surface area contributed by atoms with E-state index in [0.717, 1.165) is 70.3 Å². The number of likely N-dealkylation sites (tertiary alicyclic amines) is 1. The zero-order valence-corrected chi connectivity index (χ0v) is 18.7. The van der Waals surface area contributed by atoms with Gasteiger partial charge in [-0.25, -0.2) is 0 Å². The lowest BCUT2D eigenvalue weighted by molar-refractivity contribution is -0.136. The van der Waals surface area contributed by atoms with Gasteiger partial charge in [0.15, 0.2) is 0 Å². The minimum absolute atomic E-state index is 0.184. The number of aryl methyl sites for hydroxylation is 1. The molecule has 30 heavy (non-hydrogen) atoms. The molecule has 0 aromatic heterocycles. The van der Waals surface area contributed by atoms with Crippen LogP contribution in [0, 0.1) is 12.3 Å². The molecule has 164 valence electrons. The summed E-state index contributed by atoms with van der Waals surface area (Å²) in [7, 11) is 0. The molecule has 4 aliphatic heterocycles. The van der Waals surface area contributed by atoms with Gasteiger partial charge in [-0.2, -0.15) is 0 Å². The number of carbonyl (C=O) groups is 1. The van der Waals surface area contributed by atoms with E-state index in [1.807, 2.05) is 0 Å². The number of hydrogen-bond acceptors (Lipinski definition) is 4. The monoisotopic (exact) mass is 411 g/mol. The highest BCUT2D eigenvalue weighted by molar-refractivity contribution is 5.99. The van der Waals surface area contributed by atoms with Gasteiger partial charge >= 0.3 is 0 Å². The number of hydrogen-bond donors (Lipinski definition) is 0. The van der Waals surface area contributed by atoms with Crippen molar-refractivity contribution in [2.24, 2.45) is 5.41 Å². The van der Waals surface area contributed by atoms with Crippen LogP contribution in [0.1, 0.15) is 57.4 Å². The van der Waals surface area contributed by atoms with E-state index in [9.17, 15) is 4.79 Å². The lowest BCUT2D eigenvalue weighted by Gasteiger charge is -2.44. The van der Waals surface area contributed by atoms with Crippen molar-refractivity contribution >= 4 is 17.3 Å². The Bertz CT molecular complexity index is 783. The highest BCUT2D eigenvalue weighted by Crippen LogP contribution is 2.42. The topological polar surface area (TPSA) is 36.0 Å². The van der Waals surface area contributed by atoms with Gasteiger partial charge in [0.1, 0.15) is 0 Å². The standard InChI is InChI=1S/C25H37N3O2/c1-19-17-21(26-14-8-22(18-26)27-12-3-5-20(27)2)6-7-23(19)28-13-4-9-25(24(28)29)10-15-30-16-11-25/h6-7,17,20,22H,3-5,8-16,18H2,1-2H3/t20-,22+/m1/s1. The summed E-state index contributed by atoms with van der Waals surface area (Å²) in [5, 5.41) is 0. The smallest absolute Gasteiger partial charge is 0.233 e. The van der Waals surface area contributed by atoms with Crippen molar-refractivity contribution in [3.05, 3.63) is 23.8 Å². The summed E-state index contributed by atoms with van der Waals surface area (Å²) < 4.78 is 5.56. The van der Waals surface area contributed by atoms with Crippen molar-refractivity contribution in [2.45, 2.75) is 70.9 Å². The van der Waals surface area contributed by atoms with E-state index >= 15 is 0 Å². The van der Waals surface area contributed by atoms with Gasteiger partial charge in [0.2, 0.25) is 5.91 Å². The summed E-state index contributed by atoms with van der Waals surface area (Å²) in [6, 6.07) is 8.19. The molecule has 1 aromatic carbocycles. The highest BCUT2D eigenvalue weighted by atomic mass is 16.5. The number of rotatable bonds is 3. The maximum Gasteiger partial charge on any atom is 0.233 e. The van der Waals surface area contributed by atoms with Gasteiger partial charge < -0.3 is 14.5 Å². The Labute approximate surface area is 181 Å². The van der Waals surface area contributed by atoms with Crippen LogP contribution in [0.15, 0.2) is 18.2 Å². The van der Waals surface area contributed by atoms with Gasteiger partial charge in [-0.05, 0) is 89.1 Å². The Morgan fingerprint density at radius 1 is 1.03 bits per heavy atom. The van der Waals surface area contributed by atoms with Crippen molar-refractivity contribution in [3.63, 3.8) is 0 Å². The molecule has 5 nitrogen and oxygen atoms in total. The average Bonchev–Trinajstić information content (AvgIpc) is 3.40. The lowest BCUT2D eigenvalue weighted by Crippen LogP contribution is -2.51. The van der Waals surface area contributed by atoms with Crippen LogP contribution in [0.5, 0.6) is 0 Å². The van der Waals surface area contributed by atoms with Crippen LogP contribution in [0.3, 0.4) is 0 Å². The molecule has 0 unspecified atom stereocenters. The second kappa shape index (κ2) is 8.16. The van der Waals surface area contributed by atoms with Crippen molar-refractivity contribution in [1.82, 2.24) is 4.90 Å². The summed E-state index contributed by atoms with van der Waals surface area (Å²) in [5.41, 5.74) is 3.47. The molecule has 4 aliphatic rings. The third kappa shape index (κ3) is 3.54. The number of nitrogens with zero attached hydrogens (tertiary/aromatic N) is 3. The van der Waals surface area contributed by atoms with E-state index in [-0.39, 0.29) is 5.41 Å². The number of ether oxygens (including phenoxy) is 1. The predicted molar refractivity (Wildman–Crippen MR) is 121 cm³/mol. The average molecular weight is 412 g/mol. The Hall–Kier alpha value is -1.59. The zero-order valence-electron chi connectivity index (χ0n) is 18.7. The van der Waals surface area contributed by atoms with E-state index in [2.05, 4.69) is 46.7 Å². The van der Waals surface area contributed by atoms with E-state index in [1.54, 1.807) is 0 Å². The first-order valence-electron chi connectivity index (χ1n) is 12.1. The molecular formula is C25H37N3O2.